The van der Waals surface area contributed by atoms with Crippen LogP contribution < -0.4 is 15.4 Å². The topological polar surface area (TPSA) is 239 Å². The summed E-state index contributed by atoms with van der Waals surface area (Å²) in [5, 5.41) is 22.4. The summed E-state index contributed by atoms with van der Waals surface area (Å²) >= 11 is 0. The smallest absolute Gasteiger partial charge is 0.329 e. The molecule has 0 aliphatic carbocycles. The lowest BCUT2D eigenvalue weighted by Gasteiger charge is -2.09. The van der Waals surface area contributed by atoms with Crippen LogP contribution >= 0.6 is 0 Å². The van der Waals surface area contributed by atoms with Crippen LogP contribution in [0.1, 0.15) is 53.0 Å². The number of hydrogen-bond donors (Lipinski definition) is 4. The first-order chi connectivity index (χ1) is 26.5. The summed E-state index contributed by atoms with van der Waals surface area (Å²) in [6, 6.07) is 14.1. The summed E-state index contributed by atoms with van der Waals surface area (Å²) in [7, 11) is -3.76. The van der Waals surface area contributed by atoms with Crippen LogP contribution in [0.3, 0.4) is 0 Å². The van der Waals surface area contributed by atoms with E-state index in [0.717, 1.165) is 30.4 Å². The van der Waals surface area contributed by atoms with Gasteiger partial charge in [0.1, 0.15) is 37.1 Å². The first kappa shape index (κ1) is 44.4. The number of amides is 2. The Hall–Kier alpha value is -5.01. The molecule has 0 aliphatic rings. The average molecular weight is 789 g/mol. The van der Waals surface area contributed by atoms with Gasteiger partial charge in [0.05, 0.1) is 50.1 Å². The van der Waals surface area contributed by atoms with E-state index in [1.807, 2.05) is 24.3 Å². The van der Waals surface area contributed by atoms with Gasteiger partial charge in [-0.1, -0.05) is 30.7 Å². The molecule has 2 amide bonds. The van der Waals surface area contributed by atoms with Gasteiger partial charge in [-0.15, -0.1) is 0 Å². The van der Waals surface area contributed by atoms with Crippen LogP contribution in [-0.2, 0) is 61.9 Å². The van der Waals surface area contributed by atoms with Crippen molar-refractivity contribution in [2.45, 2.75) is 49.4 Å². The Balaban J connectivity index is 1.26. The number of sulfone groups is 1. The molecular formula is C37H48N4O13S. The number of aliphatic carboxylic acids is 2. The van der Waals surface area contributed by atoms with E-state index in [1.54, 1.807) is 12.1 Å². The highest BCUT2D eigenvalue weighted by atomic mass is 32.2. The maximum atomic E-state index is 13.0. The number of aromatic nitrogens is 2. The number of carboxylic acid groups (broad SMARTS) is 2. The van der Waals surface area contributed by atoms with Gasteiger partial charge in [0, 0.05) is 31.9 Å². The number of aryl methyl sites for hydroxylation is 1. The molecule has 0 saturated carbocycles. The van der Waals surface area contributed by atoms with Crippen molar-refractivity contribution in [2.75, 3.05) is 65.9 Å². The fourth-order valence-corrected chi connectivity index (χ4v) is 5.92. The number of hydrogen-bond acceptors (Lipinski definition) is 13. The van der Waals surface area contributed by atoms with Gasteiger partial charge in [0.15, 0.2) is 9.84 Å². The van der Waals surface area contributed by atoms with Crippen molar-refractivity contribution in [1.29, 1.82) is 0 Å². The molecule has 0 saturated heterocycles. The second kappa shape index (κ2) is 25.1. The van der Waals surface area contributed by atoms with Crippen LogP contribution in [0.15, 0.2) is 65.8 Å². The Kier molecular flexibility index (Phi) is 20.3. The lowest BCUT2D eigenvalue weighted by molar-refractivity contribution is -0.143. The highest BCUT2D eigenvalue weighted by molar-refractivity contribution is 7.90. The molecule has 4 N–H and O–H groups in total. The van der Waals surface area contributed by atoms with Gasteiger partial charge in [-0.2, -0.15) is 0 Å². The van der Waals surface area contributed by atoms with Gasteiger partial charge in [-0.3, -0.25) is 14.4 Å². The number of benzene rings is 2. The Bertz CT molecular complexity index is 1720. The van der Waals surface area contributed by atoms with E-state index < -0.39 is 40.0 Å². The van der Waals surface area contributed by atoms with E-state index in [1.165, 1.54) is 24.5 Å². The van der Waals surface area contributed by atoms with E-state index in [-0.39, 0.29) is 94.6 Å². The SMILES string of the molecule is O=C(O)CCCCCc1ccc(OCc2ccc(S(=O)(=O)Cc3ncc(C(=O)NCCOCCOCC(=O)NCCOCCOCC(=O)O)cn3)cc2)cc1. The number of ether oxygens (including phenoxy) is 5. The van der Waals surface area contributed by atoms with Gasteiger partial charge in [0.25, 0.3) is 5.91 Å². The molecule has 300 valence electrons. The van der Waals surface area contributed by atoms with E-state index in [2.05, 4.69) is 20.6 Å². The lowest BCUT2D eigenvalue weighted by Crippen LogP contribution is -2.31. The molecule has 3 aromatic rings. The minimum Gasteiger partial charge on any atom is -0.489 e. The fourth-order valence-electron chi connectivity index (χ4n) is 4.71. The maximum absolute atomic E-state index is 13.0. The largest absolute Gasteiger partial charge is 0.489 e. The normalized spacial score (nSPS) is 11.2. The minimum atomic E-state index is -3.76. The van der Waals surface area contributed by atoms with Crippen molar-refractivity contribution in [3.8, 4) is 5.75 Å². The molecule has 0 fully saturated rings. The van der Waals surface area contributed by atoms with Crippen molar-refractivity contribution in [3.63, 3.8) is 0 Å². The second-order valence-corrected chi connectivity index (χ2v) is 14.0. The molecule has 0 bridgehead atoms. The summed E-state index contributed by atoms with van der Waals surface area (Å²) in [6.45, 7) is 1.27. The van der Waals surface area contributed by atoms with Gasteiger partial charge < -0.3 is 44.5 Å². The summed E-state index contributed by atoms with van der Waals surface area (Å²) in [5.41, 5.74) is 2.08. The van der Waals surface area contributed by atoms with Gasteiger partial charge in [0.2, 0.25) is 5.91 Å². The molecule has 55 heavy (non-hydrogen) atoms. The number of carbonyl (C=O) groups excluding carboxylic acids is 2. The molecule has 1 heterocycles. The zero-order valence-electron chi connectivity index (χ0n) is 30.5. The number of nitrogens with zero attached hydrogens (tertiary/aromatic N) is 2. The summed E-state index contributed by atoms with van der Waals surface area (Å²) in [5.74, 6) is -2.35. The van der Waals surface area contributed by atoms with Crippen LogP contribution in [0.5, 0.6) is 5.75 Å². The number of rotatable bonds is 29. The third-order valence-electron chi connectivity index (χ3n) is 7.56. The number of nitrogens with one attached hydrogen (secondary N) is 2. The highest BCUT2D eigenvalue weighted by Crippen LogP contribution is 2.19. The second-order valence-electron chi connectivity index (χ2n) is 12.0. The lowest BCUT2D eigenvalue weighted by atomic mass is 10.1. The Morgan fingerprint density at radius 3 is 1.89 bits per heavy atom. The molecule has 3 rings (SSSR count). The first-order valence-electron chi connectivity index (χ1n) is 17.7. The summed E-state index contributed by atoms with van der Waals surface area (Å²) in [4.78, 5) is 53.3. The highest BCUT2D eigenvalue weighted by Gasteiger charge is 2.18. The Morgan fingerprint density at radius 1 is 0.655 bits per heavy atom. The predicted molar refractivity (Wildman–Crippen MR) is 196 cm³/mol. The van der Waals surface area contributed by atoms with E-state index in [9.17, 15) is 27.6 Å². The standard InChI is InChI=1S/C37H48N4O13S/c42-34(38-14-16-50-19-21-53-26-36(45)46)25-52-20-18-51-17-15-39-37(47)30-22-40-33(41-23-30)27-55(48,49)32-12-8-29(9-13-32)24-54-31-10-6-28(7-11-31)4-2-1-3-5-35(43)44/h6-13,22-23H,1-5,14-21,24-27H2,(H,38,42)(H,39,47)(H,43,44)(H,45,46). The number of unbranched alkanes of at least 4 members (excludes halogenated alkanes) is 2. The quantitative estimate of drug-likeness (QED) is 0.0738. The third-order valence-corrected chi connectivity index (χ3v) is 9.19. The summed E-state index contributed by atoms with van der Waals surface area (Å²) < 4.78 is 52.5. The van der Waals surface area contributed by atoms with Crippen LogP contribution in [0, 0.1) is 0 Å². The Labute approximate surface area is 319 Å². The Morgan fingerprint density at radius 2 is 1.25 bits per heavy atom. The van der Waals surface area contributed by atoms with Crippen LogP contribution in [-0.4, -0.2) is 118 Å². The molecular weight excluding hydrogens is 740 g/mol. The van der Waals surface area contributed by atoms with Crippen molar-refractivity contribution >= 4 is 33.6 Å². The zero-order chi connectivity index (χ0) is 39.7. The summed E-state index contributed by atoms with van der Waals surface area (Å²) in [6.07, 6.45) is 6.01. The first-order valence-corrected chi connectivity index (χ1v) is 19.3. The molecule has 0 atom stereocenters. The number of carbonyl (C=O) groups is 4. The van der Waals surface area contributed by atoms with Crippen LogP contribution in [0.2, 0.25) is 0 Å². The van der Waals surface area contributed by atoms with E-state index >= 15 is 0 Å². The maximum Gasteiger partial charge on any atom is 0.329 e. The van der Waals surface area contributed by atoms with Crippen molar-refractivity contribution in [3.05, 3.63) is 83.4 Å². The molecule has 0 radical (unpaired) electrons. The molecule has 2 aromatic carbocycles. The third kappa shape index (κ3) is 19.2. The predicted octanol–water partition coefficient (Wildman–Crippen LogP) is 2.21. The van der Waals surface area contributed by atoms with Crippen molar-refractivity contribution in [2.24, 2.45) is 0 Å². The van der Waals surface area contributed by atoms with Crippen molar-refractivity contribution in [1.82, 2.24) is 20.6 Å². The molecule has 18 heteroatoms. The zero-order valence-corrected chi connectivity index (χ0v) is 31.3. The average Bonchev–Trinajstić information content (AvgIpc) is 3.16. The number of carboxylic acids is 2. The monoisotopic (exact) mass is 788 g/mol. The van der Waals surface area contributed by atoms with Gasteiger partial charge >= 0.3 is 11.9 Å². The molecule has 0 spiro atoms. The van der Waals surface area contributed by atoms with Gasteiger partial charge in [-0.25, -0.2) is 23.2 Å². The molecule has 17 nitrogen and oxygen atoms in total. The van der Waals surface area contributed by atoms with Crippen LogP contribution in [0.25, 0.3) is 0 Å². The molecule has 0 aliphatic heterocycles. The molecule has 1 aromatic heterocycles. The fraction of sp³-hybridized carbons (Fsp3) is 0.459. The molecule has 0 unspecified atom stereocenters. The van der Waals surface area contributed by atoms with E-state index in [0.29, 0.717) is 12.2 Å². The van der Waals surface area contributed by atoms with Crippen LogP contribution in [0.4, 0.5) is 0 Å². The van der Waals surface area contributed by atoms with E-state index in [4.69, 9.17) is 33.9 Å². The van der Waals surface area contributed by atoms with Gasteiger partial charge in [-0.05, 0) is 54.7 Å². The van der Waals surface area contributed by atoms with Crippen molar-refractivity contribution < 1.29 is 61.5 Å². The minimum absolute atomic E-state index is 0.0399.